The number of nitrogens with zero attached hydrogens (tertiary/aromatic N) is 3. The predicted octanol–water partition coefficient (Wildman–Crippen LogP) is 4.22. The molecule has 2 heterocycles. The van der Waals surface area contributed by atoms with Crippen LogP contribution in [0, 0.1) is 0 Å². The molecule has 0 aliphatic rings. The molecule has 0 spiro atoms. The number of hydrogen-bond donors (Lipinski definition) is 1. The molecule has 9 heteroatoms. The van der Waals surface area contributed by atoms with E-state index in [-0.39, 0.29) is 16.5 Å². The van der Waals surface area contributed by atoms with E-state index in [9.17, 15) is 18.0 Å². The summed E-state index contributed by atoms with van der Waals surface area (Å²) in [6.07, 6.45) is -1.56. The van der Waals surface area contributed by atoms with Crippen molar-refractivity contribution in [2.75, 3.05) is 0 Å². The third-order valence-electron chi connectivity index (χ3n) is 3.16. The first-order chi connectivity index (χ1) is 11.8. The lowest BCUT2D eigenvalue weighted by Gasteiger charge is -2.06. The summed E-state index contributed by atoms with van der Waals surface area (Å²) in [6.45, 7) is 0. The van der Waals surface area contributed by atoms with Gasteiger partial charge in [0, 0.05) is 5.38 Å². The molecule has 25 heavy (non-hydrogen) atoms. The highest BCUT2D eigenvalue weighted by molar-refractivity contribution is 7.12. The average molecular weight is 365 g/mol. The molecule has 0 unspecified atom stereocenters. The molecule has 2 aromatic heterocycles. The number of alkyl halides is 3. The minimum absolute atomic E-state index is 0.0863. The van der Waals surface area contributed by atoms with Crippen LogP contribution in [0.25, 0.3) is 17.3 Å². The van der Waals surface area contributed by atoms with Crippen molar-refractivity contribution in [2.24, 2.45) is 0 Å². The van der Waals surface area contributed by atoms with Gasteiger partial charge in [-0.25, -0.2) is 14.5 Å². The van der Waals surface area contributed by atoms with Crippen molar-refractivity contribution in [1.82, 2.24) is 14.8 Å². The van der Waals surface area contributed by atoms with E-state index in [1.54, 1.807) is 18.2 Å². The van der Waals surface area contributed by atoms with Gasteiger partial charge in [-0.05, 0) is 17.7 Å². The van der Waals surface area contributed by atoms with Crippen LogP contribution >= 0.6 is 11.3 Å². The summed E-state index contributed by atoms with van der Waals surface area (Å²) < 4.78 is 40.4. The molecule has 128 valence electrons. The summed E-state index contributed by atoms with van der Waals surface area (Å²) in [6, 6.07) is 9.94. The van der Waals surface area contributed by atoms with Gasteiger partial charge in [0.25, 0.3) is 0 Å². The third kappa shape index (κ3) is 3.77. The molecular formula is C16H10F3N3O2S. The molecular weight excluding hydrogens is 355 g/mol. The predicted molar refractivity (Wildman–Crippen MR) is 86.6 cm³/mol. The van der Waals surface area contributed by atoms with Crippen LogP contribution in [0.5, 0.6) is 0 Å². The van der Waals surface area contributed by atoms with Crippen LogP contribution < -0.4 is 0 Å². The first-order valence-corrected chi connectivity index (χ1v) is 7.82. The van der Waals surface area contributed by atoms with Crippen molar-refractivity contribution < 1.29 is 23.1 Å². The molecule has 0 amide bonds. The summed E-state index contributed by atoms with van der Waals surface area (Å²) in [5.74, 6) is -1.31. The Hall–Kier alpha value is -2.94. The van der Waals surface area contributed by atoms with Crippen molar-refractivity contribution in [1.29, 1.82) is 0 Å². The second kappa shape index (κ2) is 6.52. The maximum Gasteiger partial charge on any atom is 0.433 e. The van der Waals surface area contributed by atoms with Gasteiger partial charge in [-0.3, -0.25) is 0 Å². The molecule has 1 aromatic carbocycles. The highest BCUT2D eigenvalue weighted by atomic mass is 32.1. The number of aromatic nitrogens is 3. The Morgan fingerprint density at radius 1 is 1.20 bits per heavy atom. The van der Waals surface area contributed by atoms with E-state index in [0.717, 1.165) is 23.0 Å². The Labute approximate surface area is 143 Å². The topological polar surface area (TPSA) is 68.0 Å². The summed E-state index contributed by atoms with van der Waals surface area (Å²) in [4.78, 5) is 14.6. The Kier molecular flexibility index (Phi) is 4.41. The molecule has 5 nitrogen and oxygen atoms in total. The average Bonchev–Trinajstić information content (AvgIpc) is 3.20. The number of benzene rings is 1. The molecule has 0 aliphatic heterocycles. The first kappa shape index (κ1) is 16.9. The van der Waals surface area contributed by atoms with Gasteiger partial charge in [0.2, 0.25) is 5.13 Å². The van der Waals surface area contributed by atoms with Gasteiger partial charge < -0.3 is 5.11 Å². The van der Waals surface area contributed by atoms with Gasteiger partial charge in [0.15, 0.2) is 11.4 Å². The van der Waals surface area contributed by atoms with E-state index in [2.05, 4.69) is 10.1 Å². The molecule has 0 saturated heterocycles. The fourth-order valence-corrected chi connectivity index (χ4v) is 2.79. The maximum atomic E-state index is 13.3. The number of aromatic carboxylic acids is 1. The second-order valence-corrected chi connectivity index (χ2v) is 5.77. The van der Waals surface area contributed by atoms with Crippen LogP contribution in [-0.4, -0.2) is 25.8 Å². The number of hydrogen-bond acceptors (Lipinski definition) is 4. The number of carbonyl (C=O) groups is 1. The summed E-state index contributed by atoms with van der Waals surface area (Å²) >= 11 is 0.773. The lowest BCUT2D eigenvalue weighted by atomic mass is 10.2. The smallest absolute Gasteiger partial charge is 0.433 e. The molecule has 0 saturated carbocycles. The SMILES string of the molecule is O=C(O)c1csc(-n2nc(/C=C/c3ccccc3)cc2C(F)(F)F)n1. The molecule has 0 aliphatic carbocycles. The fourth-order valence-electron chi connectivity index (χ4n) is 2.03. The van der Waals surface area contributed by atoms with E-state index in [1.165, 1.54) is 11.5 Å². The van der Waals surface area contributed by atoms with E-state index in [1.807, 2.05) is 18.2 Å². The van der Waals surface area contributed by atoms with E-state index >= 15 is 0 Å². The van der Waals surface area contributed by atoms with E-state index < -0.39 is 17.8 Å². The van der Waals surface area contributed by atoms with Crippen LogP contribution in [0.3, 0.4) is 0 Å². The Balaban J connectivity index is 2.01. The monoisotopic (exact) mass is 365 g/mol. The fraction of sp³-hybridized carbons (Fsp3) is 0.0625. The Bertz CT molecular complexity index is 930. The van der Waals surface area contributed by atoms with Crippen molar-refractivity contribution in [2.45, 2.75) is 6.18 Å². The van der Waals surface area contributed by atoms with Crippen LogP contribution in [0.4, 0.5) is 13.2 Å². The van der Waals surface area contributed by atoms with Gasteiger partial charge in [0.1, 0.15) is 0 Å². The van der Waals surface area contributed by atoms with Gasteiger partial charge in [0.05, 0.1) is 5.69 Å². The largest absolute Gasteiger partial charge is 0.476 e. The number of carboxylic acids is 1. The Morgan fingerprint density at radius 3 is 2.52 bits per heavy atom. The van der Waals surface area contributed by atoms with Crippen molar-refractivity contribution in [3.8, 4) is 5.13 Å². The van der Waals surface area contributed by atoms with Crippen LogP contribution in [-0.2, 0) is 6.18 Å². The zero-order valence-electron chi connectivity index (χ0n) is 12.4. The molecule has 3 aromatic rings. The summed E-state index contributed by atoms with van der Waals surface area (Å²) in [7, 11) is 0. The minimum atomic E-state index is -4.65. The van der Waals surface area contributed by atoms with Gasteiger partial charge in [-0.15, -0.1) is 11.3 Å². The number of thiazole rings is 1. The summed E-state index contributed by atoms with van der Waals surface area (Å²) in [5.41, 5.74) is -0.451. The van der Waals surface area contributed by atoms with E-state index in [4.69, 9.17) is 5.11 Å². The molecule has 1 N–H and O–H groups in total. The van der Waals surface area contributed by atoms with Gasteiger partial charge in [-0.2, -0.15) is 18.3 Å². The number of halogens is 3. The quantitative estimate of drug-likeness (QED) is 0.752. The van der Waals surface area contributed by atoms with Gasteiger partial charge in [-0.1, -0.05) is 36.4 Å². The standard InChI is InChI=1S/C16H10F3N3O2S/c17-16(18,19)13-8-11(7-6-10-4-2-1-3-5-10)21-22(13)15-20-12(9-25-15)14(23)24/h1-9H,(H,23,24)/b7-6+. The number of rotatable bonds is 4. The molecule has 0 bridgehead atoms. The highest BCUT2D eigenvalue weighted by Gasteiger charge is 2.36. The molecule has 0 fully saturated rings. The van der Waals surface area contributed by atoms with Crippen molar-refractivity contribution >= 4 is 29.5 Å². The van der Waals surface area contributed by atoms with Crippen molar-refractivity contribution in [3.05, 3.63) is 64.4 Å². The molecule has 3 rings (SSSR count). The third-order valence-corrected chi connectivity index (χ3v) is 3.97. The number of carboxylic acid groups (broad SMARTS) is 1. The molecule has 0 atom stereocenters. The highest BCUT2D eigenvalue weighted by Crippen LogP contribution is 2.32. The molecule has 0 radical (unpaired) electrons. The van der Waals surface area contributed by atoms with Crippen molar-refractivity contribution in [3.63, 3.8) is 0 Å². The lowest BCUT2D eigenvalue weighted by Crippen LogP contribution is -2.13. The van der Waals surface area contributed by atoms with Crippen LogP contribution in [0.1, 0.15) is 27.4 Å². The lowest BCUT2D eigenvalue weighted by molar-refractivity contribution is -0.142. The van der Waals surface area contributed by atoms with E-state index in [0.29, 0.717) is 4.68 Å². The zero-order chi connectivity index (χ0) is 18.0. The normalized spacial score (nSPS) is 12.0. The van der Waals surface area contributed by atoms with Crippen LogP contribution in [0.15, 0.2) is 41.8 Å². The second-order valence-electron chi connectivity index (χ2n) is 4.93. The summed E-state index contributed by atoms with van der Waals surface area (Å²) in [5, 5.41) is 13.8. The zero-order valence-corrected chi connectivity index (χ0v) is 13.3. The van der Waals surface area contributed by atoms with Crippen LogP contribution in [0.2, 0.25) is 0 Å². The van der Waals surface area contributed by atoms with Gasteiger partial charge >= 0.3 is 12.1 Å². The first-order valence-electron chi connectivity index (χ1n) is 6.94. The Morgan fingerprint density at radius 2 is 1.92 bits per heavy atom. The maximum absolute atomic E-state index is 13.3. The minimum Gasteiger partial charge on any atom is -0.476 e.